The molecule has 0 bridgehead atoms. The molecule has 1 saturated heterocycles. The molecule has 2 rings (SSSR count). The second kappa shape index (κ2) is 10.1. The molecule has 0 radical (unpaired) electrons. The van der Waals surface area contributed by atoms with Crippen molar-refractivity contribution in [2.24, 2.45) is 0 Å². The minimum Gasteiger partial charge on any atom is -1.00 e. The van der Waals surface area contributed by atoms with Gasteiger partial charge in [-0.05, 0) is 6.42 Å². The molecule has 1 aromatic carbocycles. The zero-order chi connectivity index (χ0) is 10.3. The summed E-state index contributed by atoms with van der Waals surface area (Å²) in [5.41, 5.74) is 0. The largest absolute Gasteiger partial charge is 2.00 e. The molecule has 0 N–H and O–H groups in total. The van der Waals surface area contributed by atoms with Crippen LogP contribution in [-0.2, 0) is 9.47 Å². The van der Waals surface area contributed by atoms with Gasteiger partial charge in [-0.15, -0.1) is 12.1 Å². The van der Waals surface area contributed by atoms with E-state index in [1.165, 1.54) is 0 Å². The molecule has 90 valence electrons. The molecule has 0 unspecified atom stereocenters. The SMILES string of the molecule is [Br-].[Mg+2].[c-]1cccc(OCCC2OCCCO2)c1. The van der Waals surface area contributed by atoms with Gasteiger partial charge in [-0.2, -0.15) is 18.2 Å². The smallest absolute Gasteiger partial charge is 1.00 e. The fraction of sp³-hybridized carbons (Fsp3) is 0.500. The maximum absolute atomic E-state index is 5.52. The van der Waals surface area contributed by atoms with Crippen LogP contribution in [0.3, 0.4) is 0 Å². The van der Waals surface area contributed by atoms with Gasteiger partial charge >= 0.3 is 23.1 Å². The van der Waals surface area contributed by atoms with Crippen molar-refractivity contribution in [1.82, 2.24) is 0 Å². The van der Waals surface area contributed by atoms with Gasteiger partial charge in [0.1, 0.15) is 0 Å². The van der Waals surface area contributed by atoms with Crippen molar-refractivity contribution in [3.63, 3.8) is 0 Å². The van der Waals surface area contributed by atoms with E-state index < -0.39 is 0 Å². The molecule has 1 aliphatic heterocycles. The van der Waals surface area contributed by atoms with Crippen LogP contribution in [0.25, 0.3) is 0 Å². The summed E-state index contributed by atoms with van der Waals surface area (Å²) in [5, 5.41) is 0. The van der Waals surface area contributed by atoms with Crippen molar-refractivity contribution in [2.45, 2.75) is 19.1 Å². The molecule has 1 aromatic rings. The van der Waals surface area contributed by atoms with E-state index in [9.17, 15) is 0 Å². The van der Waals surface area contributed by atoms with Gasteiger partial charge < -0.3 is 31.2 Å². The summed E-state index contributed by atoms with van der Waals surface area (Å²) in [7, 11) is 0. The molecule has 0 aliphatic carbocycles. The van der Waals surface area contributed by atoms with Crippen molar-refractivity contribution >= 4 is 23.1 Å². The summed E-state index contributed by atoms with van der Waals surface area (Å²) >= 11 is 0. The van der Waals surface area contributed by atoms with Gasteiger partial charge in [0.05, 0.1) is 19.8 Å². The van der Waals surface area contributed by atoms with E-state index in [0.29, 0.717) is 6.61 Å². The molecule has 1 fully saturated rings. The Balaban J connectivity index is 0.00000128. The first-order valence-corrected chi connectivity index (χ1v) is 5.27. The average molecular weight is 311 g/mol. The Labute approximate surface area is 129 Å². The molecule has 5 heteroatoms. The topological polar surface area (TPSA) is 27.7 Å². The van der Waals surface area contributed by atoms with E-state index in [0.717, 1.165) is 31.8 Å². The van der Waals surface area contributed by atoms with Crippen LogP contribution in [0.4, 0.5) is 0 Å². The summed E-state index contributed by atoms with van der Waals surface area (Å²) in [6.07, 6.45) is 1.67. The summed E-state index contributed by atoms with van der Waals surface area (Å²) in [5.74, 6) is 0.841. The Morgan fingerprint density at radius 3 is 2.76 bits per heavy atom. The van der Waals surface area contributed by atoms with Gasteiger partial charge in [0, 0.05) is 12.2 Å². The van der Waals surface area contributed by atoms with Crippen LogP contribution < -0.4 is 21.7 Å². The molecule has 1 aliphatic rings. The number of benzene rings is 1. The Hall–Kier alpha value is 0.186. The standard InChI is InChI=1S/C12H15O3.BrH.Mg/c1-2-5-11(6-3-1)13-10-7-12-14-8-4-9-15-12;;/h1-2,5-6,12H,4,7-10H2;1H;/q-1;;+2/p-1. The third-order valence-corrected chi connectivity index (χ3v) is 2.20. The molecule has 1 heterocycles. The van der Waals surface area contributed by atoms with Gasteiger partial charge in [-0.25, -0.2) is 0 Å². The van der Waals surface area contributed by atoms with E-state index in [4.69, 9.17) is 14.2 Å². The van der Waals surface area contributed by atoms with Crippen LogP contribution in [0.1, 0.15) is 12.8 Å². The quantitative estimate of drug-likeness (QED) is 0.508. The van der Waals surface area contributed by atoms with Crippen molar-refractivity contribution in [1.29, 1.82) is 0 Å². The fourth-order valence-corrected chi connectivity index (χ4v) is 1.44. The second-order valence-electron chi connectivity index (χ2n) is 3.40. The Kier molecular flexibility index (Phi) is 10.3. The molecule has 0 aromatic heterocycles. The van der Waals surface area contributed by atoms with Crippen LogP contribution in [0, 0.1) is 6.07 Å². The minimum atomic E-state index is -0.0913. The zero-order valence-electron chi connectivity index (χ0n) is 9.73. The molecule has 0 saturated carbocycles. The van der Waals surface area contributed by atoms with Crippen LogP contribution in [0.5, 0.6) is 5.75 Å². The first-order chi connectivity index (χ1) is 7.45. The van der Waals surface area contributed by atoms with E-state index in [-0.39, 0.29) is 46.3 Å². The Morgan fingerprint density at radius 2 is 2.12 bits per heavy atom. The monoisotopic (exact) mass is 310 g/mol. The van der Waals surface area contributed by atoms with Gasteiger partial charge in [0.25, 0.3) is 0 Å². The summed E-state index contributed by atoms with van der Waals surface area (Å²) < 4.78 is 16.3. The first kappa shape index (κ1) is 17.2. The predicted molar refractivity (Wildman–Crippen MR) is 61.5 cm³/mol. The summed E-state index contributed by atoms with van der Waals surface area (Å²) in [4.78, 5) is 0. The maximum atomic E-state index is 5.52. The Bertz CT molecular complexity index is 278. The van der Waals surface area contributed by atoms with Crippen LogP contribution in [-0.4, -0.2) is 49.2 Å². The molecule has 0 amide bonds. The normalized spacial score (nSPS) is 15.5. The molecule has 17 heavy (non-hydrogen) atoms. The van der Waals surface area contributed by atoms with E-state index >= 15 is 0 Å². The third-order valence-electron chi connectivity index (χ3n) is 2.20. The van der Waals surface area contributed by atoms with E-state index in [1.54, 1.807) is 0 Å². The minimum absolute atomic E-state index is 0. The van der Waals surface area contributed by atoms with E-state index in [2.05, 4.69) is 6.07 Å². The number of hydrogen-bond acceptors (Lipinski definition) is 3. The molecular formula is C12H15BrMgO3. The number of ether oxygens (including phenoxy) is 3. The van der Waals surface area contributed by atoms with Gasteiger partial charge in [-0.3, -0.25) is 0 Å². The van der Waals surface area contributed by atoms with Crippen molar-refractivity contribution in [2.75, 3.05) is 19.8 Å². The molecule has 0 spiro atoms. The molecular weight excluding hydrogens is 296 g/mol. The van der Waals surface area contributed by atoms with Crippen molar-refractivity contribution in [3.8, 4) is 5.75 Å². The zero-order valence-corrected chi connectivity index (χ0v) is 12.7. The third kappa shape index (κ3) is 6.62. The van der Waals surface area contributed by atoms with E-state index in [1.807, 2.05) is 24.3 Å². The first-order valence-electron chi connectivity index (χ1n) is 5.27. The van der Waals surface area contributed by atoms with Gasteiger partial charge in [0.15, 0.2) is 6.29 Å². The summed E-state index contributed by atoms with van der Waals surface area (Å²) in [6.45, 7) is 2.20. The number of rotatable bonds is 4. The number of hydrogen-bond donors (Lipinski definition) is 0. The van der Waals surface area contributed by atoms with Crippen molar-refractivity contribution in [3.05, 3.63) is 30.3 Å². The van der Waals surface area contributed by atoms with Crippen LogP contribution >= 0.6 is 0 Å². The average Bonchev–Trinajstić information content (AvgIpc) is 2.32. The van der Waals surface area contributed by atoms with Gasteiger partial charge in [0.2, 0.25) is 0 Å². The number of halogens is 1. The summed E-state index contributed by atoms with van der Waals surface area (Å²) in [6, 6.07) is 10.5. The Morgan fingerprint density at radius 1 is 1.35 bits per heavy atom. The van der Waals surface area contributed by atoms with Crippen LogP contribution in [0.15, 0.2) is 24.3 Å². The second-order valence-corrected chi connectivity index (χ2v) is 3.40. The molecule has 0 atom stereocenters. The van der Waals surface area contributed by atoms with Crippen LogP contribution in [0.2, 0.25) is 0 Å². The maximum Gasteiger partial charge on any atom is 2.00 e. The predicted octanol–water partition coefficient (Wildman–Crippen LogP) is -1.36. The van der Waals surface area contributed by atoms with Crippen molar-refractivity contribution < 1.29 is 31.2 Å². The molecule has 3 nitrogen and oxygen atoms in total. The van der Waals surface area contributed by atoms with Gasteiger partial charge in [-0.1, -0.05) is 0 Å². The fourth-order valence-electron chi connectivity index (χ4n) is 1.44.